The molecular formula is C19H21ClN4O2. The summed E-state index contributed by atoms with van der Waals surface area (Å²) in [5, 5.41) is 11.3. The fraction of sp³-hybridized carbons (Fsp3) is 0.368. The van der Waals surface area contributed by atoms with E-state index in [-0.39, 0.29) is 16.5 Å². The molecule has 0 spiro atoms. The molecule has 1 aromatic carbocycles. The quantitative estimate of drug-likeness (QED) is 0.426. The third-order valence-corrected chi connectivity index (χ3v) is 4.75. The Labute approximate surface area is 157 Å². The molecule has 26 heavy (non-hydrogen) atoms. The van der Waals surface area contributed by atoms with Crippen LogP contribution in [-0.4, -0.2) is 32.9 Å². The average Bonchev–Trinajstić information content (AvgIpc) is 3.13. The Bertz CT molecular complexity index is 818. The summed E-state index contributed by atoms with van der Waals surface area (Å²) in [5.74, 6) is 0.427. The van der Waals surface area contributed by atoms with Gasteiger partial charge in [-0.25, -0.2) is 9.97 Å². The maximum absolute atomic E-state index is 11.4. The number of benzene rings is 1. The van der Waals surface area contributed by atoms with E-state index in [1.807, 2.05) is 24.3 Å². The molecule has 1 saturated heterocycles. The molecule has 0 aliphatic carbocycles. The molecule has 0 unspecified atom stereocenters. The standard InChI is InChI=1S/C19H21ClN4O2/c1-14-21-17(18(24(25)26)19(20)22-14)13-16(23-11-5-6-12-23)10-9-15-7-3-2-4-8-15/h2-4,7-8,13H,5-6,9-12H2,1H3/b16-13-. The van der Waals surface area contributed by atoms with Crippen LogP contribution in [-0.2, 0) is 6.42 Å². The molecule has 0 atom stereocenters. The van der Waals surface area contributed by atoms with Crippen molar-refractivity contribution in [2.24, 2.45) is 0 Å². The van der Waals surface area contributed by atoms with E-state index in [1.165, 1.54) is 5.56 Å². The van der Waals surface area contributed by atoms with Crippen LogP contribution in [0.2, 0.25) is 5.15 Å². The Hall–Kier alpha value is -2.47. The number of hydrogen-bond acceptors (Lipinski definition) is 5. The number of nitro groups is 1. The third kappa shape index (κ3) is 4.38. The van der Waals surface area contributed by atoms with E-state index < -0.39 is 4.92 Å². The minimum atomic E-state index is -0.508. The van der Waals surface area contributed by atoms with Gasteiger partial charge in [-0.3, -0.25) is 10.1 Å². The summed E-state index contributed by atoms with van der Waals surface area (Å²) in [4.78, 5) is 21.4. The van der Waals surface area contributed by atoms with E-state index in [0.717, 1.165) is 44.5 Å². The molecule has 1 fully saturated rings. The third-order valence-electron chi connectivity index (χ3n) is 4.49. The first-order chi connectivity index (χ1) is 12.5. The van der Waals surface area contributed by atoms with Crippen LogP contribution in [0.5, 0.6) is 0 Å². The monoisotopic (exact) mass is 372 g/mol. The minimum Gasteiger partial charge on any atom is -0.375 e. The maximum Gasteiger partial charge on any atom is 0.331 e. The van der Waals surface area contributed by atoms with E-state index in [2.05, 4.69) is 27.0 Å². The molecule has 0 bridgehead atoms. The molecular weight excluding hydrogens is 352 g/mol. The van der Waals surface area contributed by atoms with Crippen molar-refractivity contribution in [1.82, 2.24) is 14.9 Å². The summed E-state index contributed by atoms with van der Waals surface area (Å²) in [6.07, 6.45) is 5.74. The van der Waals surface area contributed by atoms with Crippen molar-refractivity contribution < 1.29 is 4.92 Å². The summed E-state index contributed by atoms with van der Waals surface area (Å²) in [7, 11) is 0. The van der Waals surface area contributed by atoms with E-state index in [9.17, 15) is 10.1 Å². The van der Waals surface area contributed by atoms with Crippen LogP contribution in [0.3, 0.4) is 0 Å². The van der Waals surface area contributed by atoms with Gasteiger partial charge in [-0.05, 0) is 44.2 Å². The predicted octanol–water partition coefficient (Wildman–Crippen LogP) is 4.42. The number of aryl methyl sites for hydroxylation is 2. The van der Waals surface area contributed by atoms with Crippen LogP contribution in [0.1, 0.15) is 36.3 Å². The lowest BCUT2D eigenvalue weighted by atomic mass is 10.1. The molecule has 2 heterocycles. The Kier molecular flexibility index (Phi) is 5.83. The Morgan fingerprint density at radius 3 is 2.62 bits per heavy atom. The topological polar surface area (TPSA) is 72.2 Å². The highest BCUT2D eigenvalue weighted by Crippen LogP contribution is 2.29. The van der Waals surface area contributed by atoms with Crippen molar-refractivity contribution in [1.29, 1.82) is 0 Å². The number of halogens is 1. The fourth-order valence-corrected chi connectivity index (χ4v) is 3.51. The van der Waals surface area contributed by atoms with Gasteiger partial charge in [0.15, 0.2) is 0 Å². The molecule has 1 aliphatic rings. The van der Waals surface area contributed by atoms with Crippen molar-refractivity contribution in [3.8, 4) is 0 Å². The second-order valence-corrected chi connectivity index (χ2v) is 6.73. The van der Waals surface area contributed by atoms with Gasteiger partial charge in [0, 0.05) is 18.8 Å². The zero-order valence-electron chi connectivity index (χ0n) is 14.7. The number of likely N-dealkylation sites (tertiary alicyclic amines) is 1. The number of aromatic nitrogens is 2. The van der Waals surface area contributed by atoms with Gasteiger partial charge in [-0.2, -0.15) is 0 Å². The minimum absolute atomic E-state index is 0.113. The number of hydrogen-bond donors (Lipinski definition) is 0. The lowest BCUT2D eigenvalue weighted by Crippen LogP contribution is -2.19. The Balaban J connectivity index is 1.95. The van der Waals surface area contributed by atoms with Crippen LogP contribution in [0.15, 0.2) is 36.0 Å². The molecule has 0 radical (unpaired) electrons. The highest BCUT2D eigenvalue weighted by atomic mass is 35.5. The molecule has 7 heteroatoms. The van der Waals surface area contributed by atoms with Crippen molar-refractivity contribution in [3.63, 3.8) is 0 Å². The first kappa shape index (κ1) is 18.3. The molecule has 6 nitrogen and oxygen atoms in total. The van der Waals surface area contributed by atoms with E-state index in [4.69, 9.17) is 11.6 Å². The summed E-state index contributed by atoms with van der Waals surface area (Å²) in [6.45, 7) is 3.62. The second kappa shape index (κ2) is 8.27. The van der Waals surface area contributed by atoms with Crippen LogP contribution in [0.25, 0.3) is 6.08 Å². The Morgan fingerprint density at radius 2 is 1.96 bits per heavy atom. The lowest BCUT2D eigenvalue weighted by Gasteiger charge is -2.22. The highest BCUT2D eigenvalue weighted by Gasteiger charge is 2.23. The summed E-state index contributed by atoms with van der Waals surface area (Å²) in [6, 6.07) is 10.2. The SMILES string of the molecule is Cc1nc(Cl)c([N+](=O)[O-])c(/C=C(/CCc2ccccc2)N2CCCC2)n1. The zero-order valence-corrected chi connectivity index (χ0v) is 15.4. The lowest BCUT2D eigenvalue weighted by molar-refractivity contribution is -0.385. The van der Waals surface area contributed by atoms with E-state index >= 15 is 0 Å². The van der Waals surface area contributed by atoms with Crippen molar-refractivity contribution >= 4 is 23.4 Å². The first-order valence-corrected chi connectivity index (χ1v) is 9.10. The molecule has 1 aliphatic heterocycles. The summed E-state index contributed by atoms with van der Waals surface area (Å²) >= 11 is 6.01. The zero-order chi connectivity index (χ0) is 18.5. The van der Waals surface area contributed by atoms with Crippen molar-refractivity contribution in [2.45, 2.75) is 32.6 Å². The van der Waals surface area contributed by atoms with Gasteiger partial charge in [0.1, 0.15) is 11.5 Å². The van der Waals surface area contributed by atoms with E-state index in [1.54, 1.807) is 6.92 Å². The van der Waals surface area contributed by atoms with E-state index in [0.29, 0.717) is 5.82 Å². The fourth-order valence-electron chi connectivity index (χ4n) is 3.22. The number of allylic oxidation sites excluding steroid dienone is 1. The largest absolute Gasteiger partial charge is 0.375 e. The molecule has 2 aromatic rings. The van der Waals surface area contributed by atoms with Gasteiger partial charge >= 0.3 is 5.69 Å². The normalized spacial score (nSPS) is 14.7. The summed E-state index contributed by atoms with van der Waals surface area (Å²) < 4.78 is 0. The van der Waals surface area contributed by atoms with Crippen molar-refractivity contribution in [2.75, 3.05) is 13.1 Å². The number of rotatable bonds is 6. The van der Waals surface area contributed by atoms with Crippen LogP contribution >= 0.6 is 11.6 Å². The first-order valence-electron chi connectivity index (χ1n) is 8.72. The van der Waals surface area contributed by atoms with Crippen LogP contribution < -0.4 is 0 Å². The molecule has 1 aromatic heterocycles. The van der Waals surface area contributed by atoms with Gasteiger partial charge < -0.3 is 4.90 Å². The predicted molar refractivity (Wildman–Crippen MR) is 102 cm³/mol. The van der Waals surface area contributed by atoms with Crippen LogP contribution in [0.4, 0.5) is 5.69 Å². The highest BCUT2D eigenvalue weighted by molar-refractivity contribution is 6.31. The van der Waals surface area contributed by atoms with Crippen molar-refractivity contribution in [3.05, 3.63) is 68.4 Å². The molecule has 3 rings (SSSR count). The molecule has 136 valence electrons. The van der Waals surface area contributed by atoms with Gasteiger partial charge in [0.25, 0.3) is 0 Å². The smallest absolute Gasteiger partial charge is 0.331 e. The molecule has 0 N–H and O–H groups in total. The van der Waals surface area contributed by atoms with Crippen LogP contribution in [0, 0.1) is 17.0 Å². The second-order valence-electron chi connectivity index (χ2n) is 6.37. The number of nitrogens with zero attached hydrogens (tertiary/aromatic N) is 4. The summed E-state index contributed by atoms with van der Waals surface area (Å²) in [5.41, 5.74) is 2.35. The Morgan fingerprint density at radius 1 is 1.27 bits per heavy atom. The maximum atomic E-state index is 11.4. The molecule has 0 saturated carbocycles. The van der Waals surface area contributed by atoms with Gasteiger partial charge in [-0.1, -0.05) is 41.9 Å². The van der Waals surface area contributed by atoms with Gasteiger partial charge in [-0.15, -0.1) is 0 Å². The van der Waals surface area contributed by atoms with Gasteiger partial charge in [0.2, 0.25) is 5.15 Å². The molecule has 0 amide bonds. The van der Waals surface area contributed by atoms with Gasteiger partial charge in [0.05, 0.1) is 4.92 Å². The average molecular weight is 373 g/mol.